The molecule has 6 rings (SSSR count). The maximum atomic E-state index is 5.51. The van der Waals surface area contributed by atoms with Gasteiger partial charge >= 0.3 is 0 Å². The molecule has 3 heterocycles. The molecule has 1 aliphatic rings. The second-order valence-electron chi connectivity index (χ2n) is 9.07. The average Bonchev–Trinajstić information content (AvgIpc) is 3.43. The summed E-state index contributed by atoms with van der Waals surface area (Å²) in [7, 11) is 0. The fourth-order valence-corrected chi connectivity index (χ4v) is 4.64. The zero-order valence-corrected chi connectivity index (χ0v) is 20.5. The summed E-state index contributed by atoms with van der Waals surface area (Å²) in [4.78, 5) is 22.1. The number of morpholine rings is 1. The molecule has 186 valence electrons. The Morgan fingerprint density at radius 2 is 1.54 bits per heavy atom. The van der Waals surface area contributed by atoms with Gasteiger partial charge in [-0.25, -0.2) is 4.98 Å². The number of rotatable bonds is 8. The van der Waals surface area contributed by atoms with E-state index in [2.05, 4.69) is 91.8 Å². The first-order valence-electron chi connectivity index (χ1n) is 12.6. The average molecular weight is 492 g/mol. The number of nitrogens with one attached hydrogen (secondary N) is 2. The molecule has 0 radical (unpaired) electrons. The van der Waals surface area contributed by atoms with Gasteiger partial charge in [0.1, 0.15) is 0 Å². The summed E-state index contributed by atoms with van der Waals surface area (Å²) in [6.07, 6.45) is 1.68. The highest BCUT2D eigenvalue weighted by Crippen LogP contribution is 2.28. The summed E-state index contributed by atoms with van der Waals surface area (Å²) in [5.74, 6) is 1.31. The lowest BCUT2D eigenvalue weighted by molar-refractivity contribution is 0.122. The largest absolute Gasteiger partial charge is 0.378 e. The number of ether oxygens (including phenoxy) is 1. The van der Waals surface area contributed by atoms with Crippen LogP contribution in [0.4, 0.5) is 23.1 Å². The van der Waals surface area contributed by atoms with Crippen LogP contribution in [0.15, 0.2) is 91.3 Å². The SMILES string of the molecule is c1ccc(CN(Cc2ccccc2)c2nc(Nc3cccc(N4CCOCC4)c3)nc3[nH]cnc23)cc1. The Hall–Kier alpha value is -4.43. The third-order valence-electron chi connectivity index (χ3n) is 6.47. The van der Waals surface area contributed by atoms with Gasteiger partial charge in [-0.3, -0.25) is 0 Å². The predicted octanol–water partition coefficient (Wildman–Crippen LogP) is 5.14. The molecule has 0 unspecified atom stereocenters. The van der Waals surface area contributed by atoms with Crippen LogP contribution in [0.25, 0.3) is 11.2 Å². The van der Waals surface area contributed by atoms with E-state index in [-0.39, 0.29) is 0 Å². The topological polar surface area (TPSA) is 82.2 Å². The van der Waals surface area contributed by atoms with Crippen molar-refractivity contribution in [2.75, 3.05) is 41.4 Å². The molecule has 0 atom stereocenters. The Balaban J connectivity index is 1.34. The van der Waals surface area contributed by atoms with Gasteiger partial charge in [0.15, 0.2) is 17.0 Å². The quantitative estimate of drug-likeness (QED) is 0.311. The highest BCUT2D eigenvalue weighted by atomic mass is 16.5. The minimum Gasteiger partial charge on any atom is -0.378 e. The van der Waals surface area contributed by atoms with Crippen LogP contribution in [0.3, 0.4) is 0 Å². The molecule has 2 aromatic heterocycles. The molecule has 1 saturated heterocycles. The van der Waals surface area contributed by atoms with E-state index >= 15 is 0 Å². The Morgan fingerprint density at radius 1 is 0.838 bits per heavy atom. The van der Waals surface area contributed by atoms with E-state index < -0.39 is 0 Å². The van der Waals surface area contributed by atoms with Crippen molar-refractivity contribution in [2.45, 2.75) is 13.1 Å². The van der Waals surface area contributed by atoms with E-state index in [9.17, 15) is 0 Å². The van der Waals surface area contributed by atoms with Crippen molar-refractivity contribution >= 4 is 34.3 Å². The van der Waals surface area contributed by atoms with E-state index in [0.29, 0.717) is 24.7 Å². The third-order valence-corrected chi connectivity index (χ3v) is 6.47. The summed E-state index contributed by atoms with van der Waals surface area (Å²) in [6, 6.07) is 29.2. The number of hydrogen-bond donors (Lipinski definition) is 2. The Labute approximate surface area is 216 Å². The lowest BCUT2D eigenvalue weighted by atomic mass is 10.1. The van der Waals surface area contributed by atoms with Crippen molar-refractivity contribution in [1.82, 2.24) is 19.9 Å². The van der Waals surface area contributed by atoms with Gasteiger partial charge in [0, 0.05) is 37.6 Å². The summed E-state index contributed by atoms with van der Waals surface area (Å²) in [5.41, 5.74) is 5.95. The number of aromatic amines is 1. The standard InChI is InChI=1S/C29H29N7O/c1-3-8-22(9-4-1)19-36(20-23-10-5-2-6-11-23)28-26-27(31-21-30-26)33-29(34-28)32-24-12-7-13-25(18-24)35-14-16-37-17-15-35/h1-13,18,21H,14-17,19-20H2,(H2,30,31,32,33,34). The Morgan fingerprint density at radius 3 is 2.24 bits per heavy atom. The van der Waals surface area contributed by atoms with Gasteiger partial charge in [0.25, 0.3) is 0 Å². The summed E-state index contributed by atoms with van der Waals surface area (Å²) < 4.78 is 5.51. The molecule has 37 heavy (non-hydrogen) atoms. The van der Waals surface area contributed by atoms with Gasteiger partial charge in [-0.1, -0.05) is 66.7 Å². The number of H-pyrrole nitrogens is 1. The minimum absolute atomic E-state index is 0.525. The fourth-order valence-electron chi connectivity index (χ4n) is 4.64. The maximum Gasteiger partial charge on any atom is 0.231 e. The molecule has 5 aromatic rings. The second-order valence-corrected chi connectivity index (χ2v) is 9.07. The second kappa shape index (κ2) is 10.7. The first-order valence-corrected chi connectivity index (χ1v) is 12.6. The normalized spacial score (nSPS) is 13.6. The smallest absolute Gasteiger partial charge is 0.231 e. The van der Waals surface area contributed by atoms with Crippen LogP contribution in [0.1, 0.15) is 11.1 Å². The first kappa shape index (κ1) is 23.0. The Bertz CT molecular complexity index is 1410. The van der Waals surface area contributed by atoms with Gasteiger partial charge in [0.2, 0.25) is 5.95 Å². The summed E-state index contributed by atoms with van der Waals surface area (Å²) in [6.45, 7) is 4.66. The van der Waals surface area contributed by atoms with Gasteiger partial charge in [-0.15, -0.1) is 0 Å². The van der Waals surface area contributed by atoms with E-state index in [0.717, 1.165) is 49.0 Å². The molecule has 0 amide bonds. The summed E-state index contributed by atoms with van der Waals surface area (Å²) >= 11 is 0. The van der Waals surface area contributed by atoms with Crippen molar-refractivity contribution in [2.24, 2.45) is 0 Å². The molecular weight excluding hydrogens is 462 g/mol. The van der Waals surface area contributed by atoms with Crippen molar-refractivity contribution in [1.29, 1.82) is 0 Å². The number of nitrogens with zero attached hydrogens (tertiary/aromatic N) is 5. The van der Waals surface area contributed by atoms with Crippen LogP contribution < -0.4 is 15.1 Å². The molecule has 8 heteroatoms. The molecule has 0 saturated carbocycles. The van der Waals surface area contributed by atoms with Crippen LogP contribution in [-0.2, 0) is 17.8 Å². The monoisotopic (exact) mass is 491 g/mol. The number of benzene rings is 3. The van der Waals surface area contributed by atoms with E-state index in [4.69, 9.17) is 14.7 Å². The fraction of sp³-hybridized carbons (Fsp3) is 0.207. The highest BCUT2D eigenvalue weighted by molar-refractivity contribution is 5.85. The van der Waals surface area contributed by atoms with Gasteiger partial charge in [0.05, 0.1) is 19.5 Å². The molecule has 0 bridgehead atoms. The van der Waals surface area contributed by atoms with Crippen molar-refractivity contribution in [3.05, 3.63) is 102 Å². The van der Waals surface area contributed by atoms with Crippen LogP contribution in [0, 0.1) is 0 Å². The van der Waals surface area contributed by atoms with Crippen LogP contribution in [-0.4, -0.2) is 46.2 Å². The highest BCUT2D eigenvalue weighted by Gasteiger charge is 2.19. The number of anilines is 4. The Kier molecular flexibility index (Phi) is 6.64. The molecule has 0 aliphatic carbocycles. The first-order chi connectivity index (χ1) is 18.3. The number of imidazole rings is 1. The predicted molar refractivity (Wildman–Crippen MR) is 147 cm³/mol. The van der Waals surface area contributed by atoms with E-state index in [1.807, 2.05) is 18.2 Å². The summed E-state index contributed by atoms with van der Waals surface area (Å²) in [5, 5.41) is 3.43. The molecule has 1 fully saturated rings. The van der Waals surface area contributed by atoms with Crippen LogP contribution in [0.2, 0.25) is 0 Å². The molecule has 8 nitrogen and oxygen atoms in total. The van der Waals surface area contributed by atoms with Crippen molar-refractivity contribution < 1.29 is 4.74 Å². The van der Waals surface area contributed by atoms with Gasteiger partial charge < -0.3 is 24.8 Å². The lowest BCUT2D eigenvalue weighted by Gasteiger charge is -2.29. The third kappa shape index (κ3) is 5.39. The van der Waals surface area contributed by atoms with E-state index in [1.165, 1.54) is 11.1 Å². The molecule has 1 aliphatic heterocycles. The van der Waals surface area contributed by atoms with Gasteiger partial charge in [-0.05, 0) is 29.3 Å². The maximum absolute atomic E-state index is 5.51. The minimum atomic E-state index is 0.525. The van der Waals surface area contributed by atoms with Crippen LogP contribution >= 0.6 is 0 Å². The zero-order valence-electron chi connectivity index (χ0n) is 20.5. The van der Waals surface area contributed by atoms with Gasteiger partial charge in [-0.2, -0.15) is 9.97 Å². The zero-order chi connectivity index (χ0) is 24.9. The van der Waals surface area contributed by atoms with Crippen molar-refractivity contribution in [3.8, 4) is 0 Å². The molecule has 0 spiro atoms. The number of hydrogen-bond acceptors (Lipinski definition) is 7. The number of aromatic nitrogens is 4. The molecule has 3 aromatic carbocycles. The lowest BCUT2D eigenvalue weighted by Crippen LogP contribution is -2.36. The molecule has 2 N–H and O–H groups in total. The van der Waals surface area contributed by atoms with Crippen molar-refractivity contribution in [3.63, 3.8) is 0 Å². The molecular formula is C29H29N7O. The van der Waals surface area contributed by atoms with E-state index in [1.54, 1.807) is 6.33 Å². The van der Waals surface area contributed by atoms with Crippen LogP contribution in [0.5, 0.6) is 0 Å². The number of fused-ring (bicyclic) bond motifs is 1.